The smallest absolute Gasteiger partial charge is 0.280 e. The highest BCUT2D eigenvalue weighted by atomic mass is 19.3. The zero-order valence-corrected chi connectivity index (χ0v) is 12.9. The van der Waals surface area contributed by atoms with Gasteiger partial charge in [0.05, 0.1) is 0 Å². The lowest BCUT2D eigenvalue weighted by Crippen LogP contribution is -2.38. The number of rotatable bonds is 2. The number of hydrogen-bond donors (Lipinski definition) is 1. The van der Waals surface area contributed by atoms with E-state index in [1.165, 1.54) is 0 Å². The maximum absolute atomic E-state index is 13.7. The molecule has 0 atom stereocenters. The summed E-state index contributed by atoms with van der Waals surface area (Å²) in [6.07, 6.45) is 1.39. The average molecular weight is 324 g/mol. The SMILES string of the molecule is CC1(c2noc(-c3noc4c3CC(F)(F)CC4)n2)CCNCC1. The highest BCUT2D eigenvalue weighted by Crippen LogP contribution is 2.38. The minimum Gasteiger partial charge on any atom is -0.360 e. The largest absolute Gasteiger partial charge is 0.360 e. The second-order valence-corrected chi connectivity index (χ2v) is 6.70. The van der Waals surface area contributed by atoms with Crippen molar-refractivity contribution in [1.29, 1.82) is 0 Å². The van der Waals surface area contributed by atoms with Crippen LogP contribution in [-0.2, 0) is 18.3 Å². The normalized spacial score (nSPS) is 22.7. The maximum atomic E-state index is 13.7. The number of hydrogen-bond acceptors (Lipinski definition) is 6. The van der Waals surface area contributed by atoms with Crippen molar-refractivity contribution >= 4 is 0 Å². The Hall–Kier alpha value is -1.83. The lowest BCUT2D eigenvalue weighted by atomic mass is 9.80. The Bertz CT molecular complexity index is 719. The second-order valence-electron chi connectivity index (χ2n) is 6.70. The van der Waals surface area contributed by atoms with Crippen molar-refractivity contribution in [2.24, 2.45) is 0 Å². The van der Waals surface area contributed by atoms with Crippen LogP contribution < -0.4 is 5.32 Å². The molecule has 1 saturated heterocycles. The third kappa shape index (κ3) is 2.54. The molecule has 124 valence electrons. The first-order valence-electron chi connectivity index (χ1n) is 7.87. The zero-order valence-electron chi connectivity index (χ0n) is 12.9. The Labute approximate surface area is 131 Å². The molecular formula is C15H18F2N4O2. The predicted octanol–water partition coefficient (Wildman–Crippen LogP) is 2.49. The van der Waals surface area contributed by atoms with Gasteiger partial charge in [-0.3, -0.25) is 0 Å². The van der Waals surface area contributed by atoms with Gasteiger partial charge < -0.3 is 14.4 Å². The zero-order chi connectivity index (χ0) is 16.1. The summed E-state index contributed by atoms with van der Waals surface area (Å²) in [7, 11) is 0. The molecule has 0 radical (unpaired) electrons. The highest BCUT2D eigenvalue weighted by molar-refractivity contribution is 5.54. The molecule has 0 saturated carbocycles. The van der Waals surface area contributed by atoms with Crippen LogP contribution in [0.5, 0.6) is 0 Å². The van der Waals surface area contributed by atoms with Crippen LogP contribution in [0.1, 0.15) is 43.3 Å². The van der Waals surface area contributed by atoms with Crippen LogP contribution in [0.25, 0.3) is 11.6 Å². The van der Waals surface area contributed by atoms with Gasteiger partial charge in [-0.15, -0.1) is 0 Å². The van der Waals surface area contributed by atoms with E-state index in [0.29, 0.717) is 17.1 Å². The van der Waals surface area contributed by atoms with Gasteiger partial charge in [0.25, 0.3) is 11.8 Å². The van der Waals surface area contributed by atoms with Gasteiger partial charge in [-0.2, -0.15) is 4.98 Å². The lowest BCUT2D eigenvalue weighted by molar-refractivity contribution is -0.0145. The third-order valence-corrected chi connectivity index (χ3v) is 4.90. The fourth-order valence-corrected chi connectivity index (χ4v) is 3.30. The lowest BCUT2D eigenvalue weighted by Gasteiger charge is -2.30. The number of piperidine rings is 1. The van der Waals surface area contributed by atoms with Crippen molar-refractivity contribution in [2.45, 2.75) is 50.4 Å². The summed E-state index contributed by atoms with van der Waals surface area (Å²) in [5.74, 6) is -1.47. The topological polar surface area (TPSA) is 77.0 Å². The second kappa shape index (κ2) is 5.09. The summed E-state index contributed by atoms with van der Waals surface area (Å²) in [4.78, 5) is 4.43. The first kappa shape index (κ1) is 14.7. The van der Waals surface area contributed by atoms with E-state index in [2.05, 4.69) is 27.5 Å². The number of alkyl halides is 2. The van der Waals surface area contributed by atoms with Crippen LogP contribution in [-0.4, -0.2) is 34.3 Å². The molecule has 1 N–H and O–H groups in total. The summed E-state index contributed by atoms with van der Waals surface area (Å²) in [6, 6.07) is 0. The fourth-order valence-electron chi connectivity index (χ4n) is 3.30. The Kier molecular flexibility index (Phi) is 3.26. The third-order valence-electron chi connectivity index (χ3n) is 4.90. The van der Waals surface area contributed by atoms with Crippen LogP contribution in [0.3, 0.4) is 0 Å². The van der Waals surface area contributed by atoms with Gasteiger partial charge in [0, 0.05) is 30.2 Å². The van der Waals surface area contributed by atoms with Crippen LogP contribution in [0.4, 0.5) is 8.78 Å². The Morgan fingerprint density at radius 2 is 1.87 bits per heavy atom. The molecule has 3 heterocycles. The Morgan fingerprint density at radius 3 is 2.65 bits per heavy atom. The quantitative estimate of drug-likeness (QED) is 0.914. The molecule has 2 aliphatic rings. The highest BCUT2D eigenvalue weighted by Gasteiger charge is 2.40. The Balaban J connectivity index is 1.67. The van der Waals surface area contributed by atoms with Crippen molar-refractivity contribution in [1.82, 2.24) is 20.6 Å². The molecule has 0 unspecified atom stereocenters. The van der Waals surface area contributed by atoms with E-state index in [0.717, 1.165) is 25.9 Å². The van der Waals surface area contributed by atoms with E-state index in [4.69, 9.17) is 9.05 Å². The van der Waals surface area contributed by atoms with E-state index in [1.54, 1.807) is 0 Å². The van der Waals surface area contributed by atoms with Crippen LogP contribution in [0, 0.1) is 0 Å². The van der Waals surface area contributed by atoms with Crippen molar-refractivity contribution in [3.8, 4) is 11.6 Å². The van der Waals surface area contributed by atoms with Crippen molar-refractivity contribution < 1.29 is 17.8 Å². The van der Waals surface area contributed by atoms with Gasteiger partial charge in [-0.05, 0) is 25.9 Å². The monoisotopic (exact) mass is 324 g/mol. The predicted molar refractivity (Wildman–Crippen MR) is 76.2 cm³/mol. The molecule has 0 amide bonds. The maximum Gasteiger partial charge on any atom is 0.280 e. The van der Waals surface area contributed by atoms with E-state index in [1.807, 2.05) is 0 Å². The fraction of sp³-hybridized carbons (Fsp3) is 0.667. The standard InChI is InChI=1S/C15H18F2N4O2/c1-14(4-6-18-7-5-14)13-19-12(23-21-13)11-9-8-15(16,17)3-2-10(9)22-20-11/h18H,2-8H2,1H3. The van der Waals surface area contributed by atoms with Gasteiger partial charge in [0.2, 0.25) is 0 Å². The average Bonchev–Trinajstić information content (AvgIpc) is 3.13. The molecule has 1 aliphatic heterocycles. The van der Waals surface area contributed by atoms with Crippen molar-refractivity contribution in [3.63, 3.8) is 0 Å². The number of aromatic nitrogens is 3. The molecule has 23 heavy (non-hydrogen) atoms. The van der Waals surface area contributed by atoms with Crippen molar-refractivity contribution in [2.75, 3.05) is 13.1 Å². The minimum atomic E-state index is -2.74. The van der Waals surface area contributed by atoms with Gasteiger partial charge in [0.1, 0.15) is 5.76 Å². The number of nitrogens with zero attached hydrogens (tertiary/aromatic N) is 3. The molecule has 4 rings (SSSR count). The van der Waals surface area contributed by atoms with Crippen LogP contribution >= 0.6 is 0 Å². The van der Waals surface area contributed by atoms with E-state index in [-0.39, 0.29) is 36.3 Å². The van der Waals surface area contributed by atoms with Gasteiger partial charge in [-0.25, -0.2) is 8.78 Å². The summed E-state index contributed by atoms with van der Waals surface area (Å²) in [6.45, 7) is 3.88. The summed E-state index contributed by atoms with van der Waals surface area (Å²) < 4.78 is 37.8. The molecule has 0 aromatic carbocycles. The van der Waals surface area contributed by atoms with Crippen molar-refractivity contribution in [3.05, 3.63) is 17.1 Å². The number of fused-ring (bicyclic) bond motifs is 1. The number of halogens is 2. The molecule has 2 aromatic heterocycles. The molecule has 1 fully saturated rings. The molecule has 8 heteroatoms. The van der Waals surface area contributed by atoms with Crippen LogP contribution in [0.2, 0.25) is 0 Å². The molecule has 6 nitrogen and oxygen atoms in total. The molecular weight excluding hydrogens is 306 g/mol. The molecule has 0 spiro atoms. The van der Waals surface area contributed by atoms with Gasteiger partial charge in [0.15, 0.2) is 11.5 Å². The minimum absolute atomic E-state index is 0.166. The van der Waals surface area contributed by atoms with E-state index < -0.39 is 5.92 Å². The summed E-state index contributed by atoms with van der Waals surface area (Å²) in [5, 5.41) is 11.3. The van der Waals surface area contributed by atoms with Gasteiger partial charge >= 0.3 is 0 Å². The number of nitrogens with one attached hydrogen (secondary N) is 1. The summed E-state index contributed by atoms with van der Waals surface area (Å²) in [5.41, 5.74) is 0.489. The molecule has 1 aliphatic carbocycles. The van der Waals surface area contributed by atoms with Crippen LogP contribution in [0.15, 0.2) is 9.05 Å². The summed E-state index contributed by atoms with van der Waals surface area (Å²) >= 11 is 0. The molecule has 0 bridgehead atoms. The van der Waals surface area contributed by atoms with Gasteiger partial charge in [-0.1, -0.05) is 17.2 Å². The molecule has 2 aromatic rings. The van der Waals surface area contributed by atoms with E-state index >= 15 is 0 Å². The Morgan fingerprint density at radius 1 is 1.09 bits per heavy atom. The first-order chi connectivity index (χ1) is 11.0. The number of aryl methyl sites for hydroxylation is 1. The first-order valence-corrected chi connectivity index (χ1v) is 7.87. The van der Waals surface area contributed by atoms with E-state index in [9.17, 15) is 8.78 Å².